The number of hydrogen-bond donors (Lipinski definition) is 1. The summed E-state index contributed by atoms with van der Waals surface area (Å²) in [4.78, 5) is 25.2. The van der Waals surface area contributed by atoms with E-state index in [-0.39, 0.29) is 18.0 Å². The van der Waals surface area contributed by atoms with E-state index in [1.54, 1.807) is 0 Å². The lowest BCUT2D eigenvalue weighted by Crippen LogP contribution is -2.24. The zero-order valence-corrected chi connectivity index (χ0v) is 13.6. The van der Waals surface area contributed by atoms with Crippen LogP contribution in [0, 0.1) is 11.8 Å². The van der Waals surface area contributed by atoms with Crippen molar-refractivity contribution in [3.05, 3.63) is 22.4 Å². The summed E-state index contributed by atoms with van der Waals surface area (Å²) in [5.41, 5.74) is 1.46. The van der Waals surface area contributed by atoms with Crippen LogP contribution in [0.5, 0.6) is 0 Å². The molecule has 1 fully saturated rings. The number of aliphatic carboxylic acids is 1. The Balaban J connectivity index is 2.35. The highest BCUT2D eigenvalue weighted by molar-refractivity contribution is 8.03. The number of hydrogen-bond acceptors (Lipinski definition) is 5. The second kappa shape index (κ2) is 6.13. The number of ether oxygens (including phenoxy) is 1. The van der Waals surface area contributed by atoms with Crippen LogP contribution in [0.15, 0.2) is 22.4 Å². The molecule has 0 radical (unpaired) electrons. The predicted octanol–water partition coefficient (Wildman–Crippen LogP) is 2.45. The van der Waals surface area contributed by atoms with Gasteiger partial charge in [-0.2, -0.15) is 0 Å². The Morgan fingerprint density at radius 2 is 2.05 bits per heavy atom. The zero-order chi connectivity index (χ0) is 15.7. The van der Waals surface area contributed by atoms with E-state index < -0.39 is 5.97 Å². The van der Waals surface area contributed by atoms with Crippen LogP contribution in [0.3, 0.4) is 0 Å². The van der Waals surface area contributed by atoms with Crippen LogP contribution in [0.4, 0.5) is 0 Å². The first-order valence-corrected chi connectivity index (χ1v) is 8.08. The van der Waals surface area contributed by atoms with Crippen LogP contribution in [0.2, 0.25) is 0 Å². The molecule has 0 aromatic rings. The number of carbonyl (C=O) groups is 2. The van der Waals surface area contributed by atoms with Crippen molar-refractivity contribution >= 4 is 23.7 Å². The molecule has 21 heavy (non-hydrogen) atoms. The molecule has 2 heterocycles. The van der Waals surface area contributed by atoms with E-state index in [1.165, 1.54) is 17.8 Å². The summed E-state index contributed by atoms with van der Waals surface area (Å²) in [5, 5.41) is 9.81. The van der Waals surface area contributed by atoms with Gasteiger partial charge in [-0.3, -0.25) is 0 Å². The number of carbonyl (C=O) groups excluding carboxylic acids is 1. The molecular weight excluding hydrogens is 290 g/mol. The van der Waals surface area contributed by atoms with Crippen molar-refractivity contribution in [3.63, 3.8) is 0 Å². The summed E-state index contributed by atoms with van der Waals surface area (Å²) in [7, 11) is 0. The van der Waals surface area contributed by atoms with Crippen molar-refractivity contribution in [1.82, 2.24) is 4.90 Å². The van der Waals surface area contributed by atoms with Gasteiger partial charge in [0.15, 0.2) is 0 Å². The summed E-state index contributed by atoms with van der Waals surface area (Å²) < 4.78 is 5.37. The number of rotatable bonds is 4. The fourth-order valence-corrected chi connectivity index (χ4v) is 3.88. The molecule has 0 aromatic carbocycles. The van der Waals surface area contributed by atoms with E-state index in [0.29, 0.717) is 23.8 Å². The van der Waals surface area contributed by atoms with E-state index in [0.717, 1.165) is 10.7 Å². The fourth-order valence-electron chi connectivity index (χ4n) is 2.62. The highest BCUT2D eigenvalue weighted by Crippen LogP contribution is 2.47. The maximum absolute atomic E-state index is 12.4. The van der Waals surface area contributed by atoms with Crippen molar-refractivity contribution in [2.45, 2.75) is 33.8 Å². The van der Waals surface area contributed by atoms with Crippen molar-refractivity contribution in [2.24, 2.45) is 11.8 Å². The molecule has 1 atom stereocenters. The maximum Gasteiger partial charge on any atom is 0.337 e. The molecule has 1 N–H and O–H groups in total. The van der Waals surface area contributed by atoms with Gasteiger partial charge in [0.05, 0.1) is 16.7 Å². The van der Waals surface area contributed by atoms with Crippen molar-refractivity contribution in [2.75, 3.05) is 12.3 Å². The Kier molecular flexibility index (Phi) is 4.66. The smallest absolute Gasteiger partial charge is 0.337 e. The van der Waals surface area contributed by atoms with E-state index in [4.69, 9.17) is 9.84 Å². The first-order chi connectivity index (χ1) is 9.81. The number of fused-ring (bicyclic) bond motifs is 1. The van der Waals surface area contributed by atoms with Gasteiger partial charge in [0, 0.05) is 30.0 Å². The quantitative estimate of drug-likeness (QED) is 0.635. The maximum atomic E-state index is 12.4. The van der Waals surface area contributed by atoms with E-state index >= 15 is 0 Å². The number of esters is 1. The molecule has 0 saturated carbocycles. The minimum Gasteiger partial charge on any atom is -0.478 e. The number of thioether (sulfide) groups is 1. The minimum absolute atomic E-state index is 0.0799. The van der Waals surface area contributed by atoms with Gasteiger partial charge in [0.2, 0.25) is 0 Å². The molecule has 2 aliphatic rings. The third-order valence-electron chi connectivity index (χ3n) is 3.59. The van der Waals surface area contributed by atoms with Gasteiger partial charge in [0.25, 0.3) is 0 Å². The van der Waals surface area contributed by atoms with Crippen LogP contribution in [0.25, 0.3) is 0 Å². The van der Waals surface area contributed by atoms with Crippen molar-refractivity contribution in [3.8, 4) is 0 Å². The SMILES string of the molecule is CC(C)OC(=O)C1=C2SC/C(=C\C(=O)O)N2CC1C(C)C. The number of carboxylic acids is 1. The van der Waals surface area contributed by atoms with Gasteiger partial charge in [-0.15, -0.1) is 11.8 Å². The minimum atomic E-state index is -0.953. The Labute approximate surface area is 129 Å². The van der Waals surface area contributed by atoms with Crippen LogP contribution < -0.4 is 0 Å². The monoisotopic (exact) mass is 311 g/mol. The summed E-state index contributed by atoms with van der Waals surface area (Å²) in [6.45, 7) is 8.46. The normalized spacial score (nSPS) is 23.4. The second-order valence-corrected chi connectivity index (χ2v) is 6.86. The molecule has 2 rings (SSSR count). The van der Waals surface area contributed by atoms with Crippen LogP contribution in [0.1, 0.15) is 27.7 Å². The van der Waals surface area contributed by atoms with E-state index in [2.05, 4.69) is 13.8 Å². The lowest BCUT2D eigenvalue weighted by atomic mass is 9.90. The molecule has 5 nitrogen and oxygen atoms in total. The predicted molar refractivity (Wildman–Crippen MR) is 81.5 cm³/mol. The average molecular weight is 311 g/mol. The fraction of sp³-hybridized carbons (Fsp3) is 0.600. The van der Waals surface area contributed by atoms with E-state index in [1.807, 2.05) is 18.7 Å². The zero-order valence-electron chi connectivity index (χ0n) is 12.8. The topological polar surface area (TPSA) is 66.8 Å². The summed E-state index contributed by atoms with van der Waals surface area (Å²) in [5.74, 6) is -0.262. The third kappa shape index (κ3) is 3.26. The van der Waals surface area contributed by atoms with Crippen LogP contribution in [-0.2, 0) is 14.3 Å². The van der Waals surface area contributed by atoms with Gasteiger partial charge >= 0.3 is 11.9 Å². The van der Waals surface area contributed by atoms with Crippen molar-refractivity contribution < 1.29 is 19.4 Å². The Bertz CT molecular complexity index is 522. The van der Waals surface area contributed by atoms with Gasteiger partial charge in [0.1, 0.15) is 0 Å². The third-order valence-corrected chi connectivity index (χ3v) is 4.74. The van der Waals surface area contributed by atoms with Gasteiger partial charge < -0.3 is 14.7 Å². The Morgan fingerprint density at radius 3 is 2.57 bits per heavy atom. The molecule has 0 bridgehead atoms. The number of nitrogens with zero attached hydrogens (tertiary/aromatic N) is 1. The van der Waals surface area contributed by atoms with Crippen LogP contribution in [-0.4, -0.2) is 40.3 Å². The highest BCUT2D eigenvalue weighted by Gasteiger charge is 2.42. The summed E-state index contributed by atoms with van der Waals surface area (Å²) in [6.07, 6.45) is 1.07. The molecule has 2 aliphatic heterocycles. The molecular formula is C15H21NO4S. The molecule has 0 amide bonds. The van der Waals surface area contributed by atoms with Gasteiger partial charge in [-0.25, -0.2) is 9.59 Å². The number of carboxylic acid groups (broad SMARTS) is 1. The molecule has 0 aliphatic carbocycles. The molecule has 1 saturated heterocycles. The lowest BCUT2D eigenvalue weighted by molar-refractivity contribution is -0.143. The average Bonchev–Trinajstić information content (AvgIpc) is 2.87. The molecule has 0 aromatic heterocycles. The lowest BCUT2D eigenvalue weighted by Gasteiger charge is -2.20. The largest absolute Gasteiger partial charge is 0.478 e. The molecule has 116 valence electrons. The Morgan fingerprint density at radius 1 is 1.38 bits per heavy atom. The first-order valence-electron chi connectivity index (χ1n) is 7.10. The molecule has 1 unspecified atom stereocenters. The molecule has 0 spiro atoms. The van der Waals surface area contributed by atoms with Gasteiger partial charge in [-0.1, -0.05) is 13.8 Å². The van der Waals surface area contributed by atoms with Crippen molar-refractivity contribution in [1.29, 1.82) is 0 Å². The standard InChI is InChI=1S/C15H21NO4S/c1-8(2)11-6-16-10(5-12(17)18)7-21-14(16)13(11)15(19)20-9(3)4/h5,8-9,11H,6-7H2,1-4H3,(H,17,18)/b10-5+. The molecule has 6 heteroatoms. The summed E-state index contributed by atoms with van der Waals surface area (Å²) in [6, 6.07) is 0. The van der Waals surface area contributed by atoms with Crippen LogP contribution >= 0.6 is 11.8 Å². The van der Waals surface area contributed by atoms with E-state index in [9.17, 15) is 9.59 Å². The first kappa shape index (κ1) is 15.9. The van der Waals surface area contributed by atoms with Gasteiger partial charge in [-0.05, 0) is 19.8 Å². The second-order valence-electron chi connectivity index (χ2n) is 5.90. The Hall–Kier alpha value is -1.43. The highest BCUT2D eigenvalue weighted by atomic mass is 32.2. The summed E-state index contributed by atoms with van der Waals surface area (Å²) >= 11 is 1.52.